The van der Waals surface area contributed by atoms with Gasteiger partial charge < -0.3 is 19.7 Å². The molecule has 0 bridgehead atoms. The summed E-state index contributed by atoms with van der Waals surface area (Å²) in [6.07, 6.45) is -0.219. The predicted molar refractivity (Wildman–Crippen MR) is 141 cm³/mol. The summed E-state index contributed by atoms with van der Waals surface area (Å²) in [6.45, 7) is 3.64. The molecule has 2 N–H and O–H groups in total. The van der Waals surface area contributed by atoms with Crippen LogP contribution >= 0.6 is 36.0 Å². The van der Waals surface area contributed by atoms with E-state index < -0.39 is 28.8 Å². The Morgan fingerprint density at radius 1 is 0.861 bits per heavy atom. The topological polar surface area (TPSA) is 113 Å². The second kappa shape index (κ2) is 10.1. The number of ether oxygens (including phenoxy) is 2. The van der Waals surface area contributed by atoms with E-state index in [2.05, 4.69) is 0 Å². The maximum Gasteiger partial charge on any atom is 0.262 e. The van der Waals surface area contributed by atoms with E-state index in [4.69, 9.17) is 45.5 Å². The molecule has 0 atom stereocenters. The lowest BCUT2D eigenvalue weighted by Crippen LogP contribution is -2.33. The van der Waals surface area contributed by atoms with Gasteiger partial charge in [-0.05, 0) is 56.0 Å². The Labute approximate surface area is 222 Å². The molecule has 0 radical (unpaired) electrons. The number of aromatic hydroxyl groups is 2. The van der Waals surface area contributed by atoms with Gasteiger partial charge in [-0.2, -0.15) is 0 Å². The van der Waals surface area contributed by atoms with Crippen LogP contribution in [-0.4, -0.2) is 41.7 Å². The molecular weight excluding hydrogens is 528 g/mol. The van der Waals surface area contributed by atoms with E-state index >= 15 is 0 Å². The molecule has 3 rings (SSSR count). The Bertz CT molecular complexity index is 1520. The van der Waals surface area contributed by atoms with E-state index in [0.717, 1.165) is 9.13 Å². The highest BCUT2D eigenvalue weighted by Crippen LogP contribution is 2.43. The van der Waals surface area contributed by atoms with Gasteiger partial charge in [-0.25, -0.2) is 0 Å². The monoisotopic (exact) mass is 554 g/mol. The number of hydrogen-bond acceptors (Lipinski definition) is 8. The molecule has 3 aromatic rings. The van der Waals surface area contributed by atoms with Crippen molar-refractivity contribution in [1.82, 2.24) is 18.3 Å². The Morgan fingerprint density at radius 2 is 1.31 bits per heavy atom. The van der Waals surface area contributed by atoms with E-state index in [0.29, 0.717) is 0 Å². The van der Waals surface area contributed by atoms with Crippen molar-refractivity contribution in [3.05, 3.63) is 64.1 Å². The summed E-state index contributed by atoms with van der Waals surface area (Å²) in [5, 5.41) is 22.3. The quantitative estimate of drug-likeness (QED) is 0.447. The van der Waals surface area contributed by atoms with E-state index in [9.17, 15) is 19.8 Å². The predicted octanol–water partition coefficient (Wildman–Crippen LogP) is 3.26. The lowest BCUT2D eigenvalue weighted by molar-refractivity contribution is 0.230. The number of halogens is 1. The highest BCUT2D eigenvalue weighted by molar-refractivity contribution is 7.71. The first-order chi connectivity index (χ1) is 16.7. The largest absolute Gasteiger partial charge is 0.494 e. The van der Waals surface area contributed by atoms with E-state index in [1.165, 1.54) is 56.6 Å². The fourth-order valence-electron chi connectivity index (χ4n) is 3.96. The normalized spacial score (nSPS) is 11.4. The Kier molecular flexibility index (Phi) is 7.72. The average molecular weight is 555 g/mol. The zero-order valence-corrected chi connectivity index (χ0v) is 23.2. The maximum atomic E-state index is 13.5. The lowest BCUT2D eigenvalue weighted by atomic mass is 9.86. The van der Waals surface area contributed by atoms with Crippen molar-refractivity contribution in [1.29, 1.82) is 0 Å². The van der Waals surface area contributed by atoms with Crippen LogP contribution in [0.4, 0.5) is 0 Å². The Balaban J connectivity index is 2.58. The molecule has 0 saturated heterocycles. The van der Waals surface area contributed by atoms with Crippen molar-refractivity contribution < 1.29 is 19.7 Å². The molecule has 2 aromatic heterocycles. The first-order valence-electron chi connectivity index (χ1n) is 10.8. The van der Waals surface area contributed by atoms with Gasteiger partial charge in [0, 0.05) is 28.2 Å². The summed E-state index contributed by atoms with van der Waals surface area (Å²) in [6, 6.07) is 3.03. The minimum absolute atomic E-state index is 0.0554. The summed E-state index contributed by atoms with van der Waals surface area (Å²) >= 11 is 17.1. The number of rotatable bonds is 6. The molecule has 10 nitrogen and oxygen atoms in total. The number of aromatic nitrogens is 4. The molecule has 1 aromatic carbocycles. The third-order valence-electron chi connectivity index (χ3n) is 5.85. The van der Waals surface area contributed by atoms with Crippen molar-refractivity contribution in [2.75, 3.05) is 7.11 Å². The summed E-state index contributed by atoms with van der Waals surface area (Å²) in [7, 11) is 7.27. The standard InChI is InChI=1S/C23H27ClN4O6S2/c1-10(2)34-17-12(24)8-11(9-13(17)33-7)14(15-18(29)25(3)22(35)26(4)19(15)30)16-20(31)27(5)23(36)28(6)21(16)32/h8-10,14,29,31H,1-7H3. The molecule has 194 valence electrons. The molecule has 36 heavy (non-hydrogen) atoms. The zero-order valence-electron chi connectivity index (χ0n) is 20.8. The van der Waals surface area contributed by atoms with Gasteiger partial charge in [-0.15, -0.1) is 0 Å². The zero-order chi connectivity index (χ0) is 27.2. The van der Waals surface area contributed by atoms with Crippen LogP contribution in [0.25, 0.3) is 0 Å². The van der Waals surface area contributed by atoms with Crippen LogP contribution in [0.15, 0.2) is 21.7 Å². The minimum Gasteiger partial charge on any atom is -0.494 e. The molecule has 0 fully saturated rings. The van der Waals surface area contributed by atoms with Gasteiger partial charge in [0.2, 0.25) is 11.8 Å². The average Bonchev–Trinajstić information content (AvgIpc) is 2.83. The van der Waals surface area contributed by atoms with Crippen molar-refractivity contribution >= 4 is 36.0 Å². The minimum atomic E-state index is -1.29. The highest BCUT2D eigenvalue weighted by atomic mass is 35.5. The number of methoxy groups -OCH3 is 1. The molecule has 0 aliphatic rings. The van der Waals surface area contributed by atoms with Crippen molar-refractivity contribution in [2.24, 2.45) is 28.2 Å². The summed E-state index contributed by atoms with van der Waals surface area (Å²) in [5.41, 5.74) is -1.45. The SMILES string of the molecule is COc1cc(C(c2c(O)n(C)c(=S)n(C)c2=O)c2c(O)n(C)c(=S)n(C)c2=O)cc(Cl)c1OC(C)C. The van der Waals surface area contributed by atoms with Gasteiger partial charge in [0.25, 0.3) is 11.1 Å². The van der Waals surface area contributed by atoms with Crippen LogP contribution in [0.3, 0.4) is 0 Å². The van der Waals surface area contributed by atoms with Crippen molar-refractivity contribution in [2.45, 2.75) is 25.9 Å². The maximum absolute atomic E-state index is 13.5. The smallest absolute Gasteiger partial charge is 0.262 e. The number of benzene rings is 1. The summed E-state index contributed by atoms with van der Waals surface area (Å²) in [5.74, 6) is -1.73. The van der Waals surface area contributed by atoms with E-state index in [1.807, 2.05) is 13.8 Å². The highest BCUT2D eigenvalue weighted by Gasteiger charge is 2.33. The Hall–Kier alpha value is -3.09. The first kappa shape index (κ1) is 27.5. The molecule has 0 aliphatic carbocycles. The van der Waals surface area contributed by atoms with Crippen LogP contribution in [0.1, 0.15) is 36.5 Å². The van der Waals surface area contributed by atoms with Crippen LogP contribution in [0.2, 0.25) is 5.02 Å². The molecule has 0 unspecified atom stereocenters. The molecule has 0 saturated carbocycles. The van der Waals surface area contributed by atoms with Crippen LogP contribution in [0.5, 0.6) is 23.3 Å². The van der Waals surface area contributed by atoms with Crippen LogP contribution in [-0.2, 0) is 28.2 Å². The molecule has 0 amide bonds. The van der Waals surface area contributed by atoms with Crippen LogP contribution < -0.4 is 20.6 Å². The lowest BCUT2D eigenvalue weighted by Gasteiger charge is -2.24. The van der Waals surface area contributed by atoms with Gasteiger partial charge in [0.15, 0.2) is 21.0 Å². The van der Waals surface area contributed by atoms with Gasteiger partial charge in [0.05, 0.1) is 35.3 Å². The fourth-order valence-corrected chi connectivity index (χ4v) is 4.56. The summed E-state index contributed by atoms with van der Waals surface area (Å²) < 4.78 is 16.2. The molecule has 0 aliphatic heterocycles. The molecule has 2 heterocycles. The van der Waals surface area contributed by atoms with E-state index in [-0.39, 0.29) is 48.9 Å². The van der Waals surface area contributed by atoms with Crippen molar-refractivity contribution in [3.8, 4) is 23.3 Å². The van der Waals surface area contributed by atoms with Gasteiger partial charge in [0.1, 0.15) is 0 Å². The molecule has 13 heteroatoms. The fraction of sp³-hybridized carbons (Fsp3) is 0.391. The van der Waals surface area contributed by atoms with E-state index in [1.54, 1.807) is 0 Å². The van der Waals surface area contributed by atoms with Crippen molar-refractivity contribution in [3.63, 3.8) is 0 Å². The third kappa shape index (κ3) is 4.44. The third-order valence-corrected chi connectivity index (χ3v) is 7.23. The van der Waals surface area contributed by atoms with Gasteiger partial charge >= 0.3 is 0 Å². The second-order valence-electron chi connectivity index (χ2n) is 8.52. The molecular formula is C23H27ClN4O6S2. The summed E-state index contributed by atoms with van der Waals surface area (Å²) in [4.78, 5) is 27.0. The Morgan fingerprint density at radius 3 is 1.69 bits per heavy atom. The number of hydrogen-bond donors (Lipinski definition) is 2. The van der Waals surface area contributed by atoms with Crippen LogP contribution in [0, 0.1) is 9.54 Å². The molecule has 0 spiro atoms. The van der Waals surface area contributed by atoms with Gasteiger partial charge in [-0.1, -0.05) is 11.6 Å². The number of nitrogens with zero attached hydrogens (tertiary/aromatic N) is 4. The second-order valence-corrected chi connectivity index (χ2v) is 9.66. The van der Waals surface area contributed by atoms with Gasteiger partial charge in [-0.3, -0.25) is 27.9 Å². The first-order valence-corrected chi connectivity index (χ1v) is 12.0.